The first-order valence-electron chi connectivity index (χ1n) is 6.62. The van der Waals surface area contributed by atoms with Crippen molar-refractivity contribution in [2.45, 2.75) is 46.1 Å². The monoisotopic (exact) mass is 312 g/mol. The fourth-order valence-corrected chi connectivity index (χ4v) is 2.13. The van der Waals surface area contributed by atoms with Gasteiger partial charge < -0.3 is 9.84 Å². The molecule has 2 N–H and O–H groups in total. The highest BCUT2D eigenvalue weighted by Gasteiger charge is 2.18. The molecule has 0 aliphatic rings. The number of amides is 1. The Morgan fingerprint density at radius 2 is 2.14 bits per heavy atom. The Balaban J connectivity index is 2.80. The lowest BCUT2D eigenvalue weighted by atomic mass is 10.1. The normalized spacial score (nSPS) is 12.1. The van der Waals surface area contributed by atoms with Gasteiger partial charge in [-0.3, -0.25) is 5.32 Å². The number of rotatable bonds is 5. The van der Waals surface area contributed by atoms with Crippen molar-refractivity contribution in [1.29, 1.82) is 0 Å². The number of aromatic nitrogens is 1. The first-order chi connectivity index (χ1) is 9.73. The van der Waals surface area contributed by atoms with Crippen LogP contribution in [-0.4, -0.2) is 27.8 Å². The van der Waals surface area contributed by atoms with E-state index in [2.05, 4.69) is 10.3 Å². The molecule has 1 rings (SSSR count). The third-order valence-electron chi connectivity index (χ3n) is 2.26. The van der Waals surface area contributed by atoms with Crippen molar-refractivity contribution in [3.05, 3.63) is 17.2 Å². The van der Waals surface area contributed by atoms with E-state index in [1.807, 2.05) is 6.92 Å². The first-order valence-corrected chi connectivity index (χ1v) is 7.50. The average molecular weight is 312 g/mol. The number of thiazole rings is 1. The van der Waals surface area contributed by atoms with Gasteiger partial charge in [-0.25, -0.2) is 14.6 Å². The molecule has 0 aliphatic carbocycles. The summed E-state index contributed by atoms with van der Waals surface area (Å²) in [6.45, 7) is 7.24. The van der Waals surface area contributed by atoms with Gasteiger partial charge in [-0.05, 0) is 27.2 Å². The maximum absolute atomic E-state index is 11.6. The molecular weight excluding hydrogens is 292 g/mol. The second-order valence-corrected chi connectivity index (χ2v) is 6.23. The van der Waals surface area contributed by atoms with Gasteiger partial charge in [0.1, 0.15) is 5.60 Å². The lowest BCUT2D eigenvalue weighted by Crippen LogP contribution is -2.27. The van der Waals surface area contributed by atoms with Crippen LogP contribution in [0.4, 0.5) is 9.93 Å². The van der Waals surface area contributed by atoms with E-state index in [0.717, 1.165) is 17.8 Å². The Morgan fingerprint density at radius 3 is 2.67 bits per heavy atom. The largest absolute Gasteiger partial charge is 0.478 e. The minimum atomic E-state index is -1.03. The van der Waals surface area contributed by atoms with E-state index in [0.29, 0.717) is 17.2 Å². The Kier molecular flexibility index (Phi) is 5.90. The van der Waals surface area contributed by atoms with E-state index in [1.54, 1.807) is 32.2 Å². The molecule has 7 heteroatoms. The van der Waals surface area contributed by atoms with Crippen molar-refractivity contribution in [2.24, 2.45) is 0 Å². The molecule has 1 amide bonds. The summed E-state index contributed by atoms with van der Waals surface area (Å²) in [4.78, 5) is 26.9. The quantitative estimate of drug-likeness (QED) is 0.808. The molecule has 21 heavy (non-hydrogen) atoms. The zero-order valence-corrected chi connectivity index (χ0v) is 13.4. The van der Waals surface area contributed by atoms with E-state index in [-0.39, 0.29) is 5.57 Å². The molecule has 0 unspecified atom stereocenters. The number of unbranched alkanes of at least 4 members (excludes halogenated alkanes) is 1. The predicted molar refractivity (Wildman–Crippen MR) is 82.5 cm³/mol. The van der Waals surface area contributed by atoms with Crippen molar-refractivity contribution in [2.75, 3.05) is 5.32 Å². The van der Waals surface area contributed by atoms with Gasteiger partial charge in [0.15, 0.2) is 5.13 Å². The summed E-state index contributed by atoms with van der Waals surface area (Å²) in [7, 11) is 0. The van der Waals surface area contributed by atoms with Crippen molar-refractivity contribution in [3.63, 3.8) is 0 Å². The number of hydrogen-bond acceptors (Lipinski definition) is 5. The molecule has 116 valence electrons. The highest BCUT2D eigenvalue weighted by atomic mass is 32.1. The van der Waals surface area contributed by atoms with Crippen molar-refractivity contribution >= 4 is 34.1 Å². The van der Waals surface area contributed by atoms with Crippen LogP contribution in [-0.2, 0) is 9.53 Å². The van der Waals surface area contributed by atoms with Gasteiger partial charge >= 0.3 is 12.1 Å². The lowest BCUT2D eigenvalue weighted by molar-refractivity contribution is -0.130. The molecule has 0 bridgehead atoms. The van der Waals surface area contributed by atoms with Gasteiger partial charge in [-0.15, -0.1) is 11.3 Å². The van der Waals surface area contributed by atoms with Crippen LogP contribution in [0.3, 0.4) is 0 Å². The van der Waals surface area contributed by atoms with Crippen LogP contribution in [0.1, 0.15) is 46.2 Å². The molecule has 0 spiro atoms. The van der Waals surface area contributed by atoms with Crippen molar-refractivity contribution < 1.29 is 19.4 Å². The molecule has 6 nitrogen and oxygen atoms in total. The third-order valence-corrected chi connectivity index (χ3v) is 3.01. The van der Waals surface area contributed by atoms with E-state index in [1.165, 1.54) is 0 Å². The second-order valence-electron chi connectivity index (χ2n) is 5.38. The number of nitrogens with one attached hydrogen (secondary N) is 1. The molecule has 0 atom stereocenters. The van der Waals surface area contributed by atoms with E-state index in [4.69, 9.17) is 4.74 Å². The van der Waals surface area contributed by atoms with E-state index >= 15 is 0 Å². The van der Waals surface area contributed by atoms with Crippen LogP contribution in [0.2, 0.25) is 0 Å². The number of ether oxygens (including phenoxy) is 1. The van der Waals surface area contributed by atoms with Crippen LogP contribution in [0.15, 0.2) is 11.5 Å². The standard InChI is InChI=1S/C14H20N2O4S/c1-5-6-7-9(11(17)18)10-8-21-12(15-10)16-13(19)20-14(2,3)4/h7-8H,5-6H2,1-4H3,(H,17,18)(H,15,16,19)/b9-7+. The van der Waals surface area contributed by atoms with Gasteiger partial charge in [0.25, 0.3) is 0 Å². The summed E-state index contributed by atoms with van der Waals surface area (Å²) in [5, 5.41) is 13.6. The number of allylic oxidation sites excluding steroid dienone is 1. The lowest BCUT2D eigenvalue weighted by Gasteiger charge is -2.18. The fraction of sp³-hybridized carbons (Fsp3) is 0.500. The fourth-order valence-electron chi connectivity index (χ4n) is 1.44. The molecule has 0 saturated carbocycles. The highest BCUT2D eigenvalue weighted by molar-refractivity contribution is 7.14. The molecule has 0 radical (unpaired) electrons. The highest BCUT2D eigenvalue weighted by Crippen LogP contribution is 2.23. The second kappa shape index (κ2) is 7.21. The maximum Gasteiger partial charge on any atom is 0.413 e. The number of carbonyl (C=O) groups is 2. The molecule has 0 aliphatic heterocycles. The molecule has 0 fully saturated rings. The molecular formula is C14H20N2O4S. The zero-order chi connectivity index (χ0) is 16.0. The Morgan fingerprint density at radius 1 is 1.48 bits per heavy atom. The van der Waals surface area contributed by atoms with Gasteiger partial charge in [-0.2, -0.15) is 0 Å². The summed E-state index contributed by atoms with van der Waals surface area (Å²) in [5.41, 5.74) is -0.116. The number of carboxylic acids is 1. The third kappa shape index (κ3) is 5.95. The summed E-state index contributed by atoms with van der Waals surface area (Å²) in [5.74, 6) is -1.03. The molecule has 1 heterocycles. The number of aliphatic carboxylic acids is 1. The van der Waals surface area contributed by atoms with E-state index < -0.39 is 17.7 Å². The summed E-state index contributed by atoms with van der Waals surface area (Å²) in [6, 6.07) is 0. The Hall–Kier alpha value is -1.89. The maximum atomic E-state index is 11.6. The smallest absolute Gasteiger partial charge is 0.413 e. The van der Waals surface area contributed by atoms with Crippen molar-refractivity contribution in [3.8, 4) is 0 Å². The van der Waals surface area contributed by atoms with Gasteiger partial charge in [-0.1, -0.05) is 19.4 Å². The average Bonchev–Trinajstić information content (AvgIpc) is 2.74. The van der Waals surface area contributed by atoms with Gasteiger partial charge in [0, 0.05) is 5.38 Å². The van der Waals surface area contributed by atoms with Crippen LogP contribution in [0.5, 0.6) is 0 Å². The van der Waals surface area contributed by atoms with E-state index in [9.17, 15) is 14.7 Å². The number of anilines is 1. The van der Waals surface area contributed by atoms with Gasteiger partial charge in [0.05, 0.1) is 11.3 Å². The van der Waals surface area contributed by atoms with Crippen LogP contribution in [0, 0.1) is 0 Å². The van der Waals surface area contributed by atoms with Crippen molar-refractivity contribution in [1.82, 2.24) is 4.98 Å². The summed E-state index contributed by atoms with van der Waals surface area (Å²) >= 11 is 1.16. The topological polar surface area (TPSA) is 88.5 Å². The number of carboxylic acid groups (broad SMARTS) is 1. The summed E-state index contributed by atoms with van der Waals surface area (Å²) < 4.78 is 5.11. The molecule has 1 aromatic rings. The predicted octanol–water partition coefficient (Wildman–Crippen LogP) is 3.76. The minimum absolute atomic E-state index is 0.144. The number of hydrogen-bond donors (Lipinski definition) is 2. The number of carbonyl (C=O) groups excluding carboxylic acids is 1. The zero-order valence-electron chi connectivity index (χ0n) is 12.6. The summed E-state index contributed by atoms with van der Waals surface area (Å²) in [6.07, 6.45) is 2.53. The van der Waals surface area contributed by atoms with Crippen LogP contribution >= 0.6 is 11.3 Å². The Labute approximate surface area is 127 Å². The number of nitrogens with zero attached hydrogens (tertiary/aromatic N) is 1. The first kappa shape index (κ1) is 17.2. The minimum Gasteiger partial charge on any atom is -0.478 e. The van der Waals surface area contributed by atoms with Crippen LogP contribution < -0.4 is 5.32 Å². The van der Waals surface area contributed by atoms with Crippen LogP contribution in [0.25, 0.3) is 5.57 Å². The van der Waals surface area contributed by atoms with Gasteiger partial charge in [0.2, 0.25) is 0 Å². The SMILES string of the molecule is CCC/C=C(/C(=O)O)c1csc(NC(=O)OC(C)(C)C)n1. The molecule has 0 aromatic carbocycles. The molecule has 1 aromatic heterocycles. The Bertz CT molecular complexity index is 543. The molecule has 0 saturated heterocycles.